The van der Waals surface area contributed by atoms with E-state index in [0.717, 1.165) is 0 Å². The van der Waals surface area contributed by atoms with Crippen LogP contribution in [0.4, 0.5) is 0 Å². The molecule has 1 amide bonds. The number of carboxylic acids is 1. The smallest absolute Gasteiger partial charge is 0.305 e. The van der Waals surface area contributed by atoms with Gasteiger partial charge in [0.2, 0.25) is 0 Å². The number of hydrogen-bond acceptors (Lipinski definition) is 4. The quantitative estimate of drug-likeness (QED) is 0.889. The molecule has 1 aliphatic heterocycles. The van der Waals surface area contributed by atoms with Gasteiger partial charge < -0.3 is 19.9 Å². The van der Waals surface area contributed by atoms with Crippen molar-refractivity contribution >= 4 is 23.5 Å². The van der Waals surface area contributed by atoms with Crippen LogP contribution in [0.25, 0.3) is 0 Å². The molecule has 2 rings (SSSR count). The molecule has 0 saturated carbocycles. The van der Waals surface area contributed by atoms with Crippen LogP contribution in [0.2, 0.25) is 5.02 Å². The largest absolute Gasteiger partial charge is 0.486 e. The van der Waals surface area contributed by atoms with Crippen molar-refractivity contribution in [3.05, 3.63) is 22.7 Å². The van der Waals surface area contributed by atoms with Gasteiger partial charge in [0, 0.05) is 11.1 Å². The molecular weight excluding hydrogens is 298 g/mol. The Balaban J connectivity index is 2.20. The molecule has 21 heavy (non-hydrogen) atoms. The molecule has 0 aliphatic carbocycles. The van der Waals surface area contributed by atoms with Crippen LogP contribution in [0.5, 0.6) is 11.5 Å². The molecule has 1 heterocycles. The first-order valence-corrected chi connectivity index (χ1v) is 6.80. The number of nitrogens with one attached hydrogen (secondary N) is 1. The lowest BCUT2D eigenvalue weighted by molar-refractivity contribution is -0.138. The number of fused-ring (bicyclic) bond motifs is 1. The first-order chi connectivity index (χ1) is 9.78. The van der Waals surface area contributed by atoms with Crippen LogP contribution in [-0.4, -0.2) is 35.7 Å². The second-order valence-corrected chi connectivity index (χ2v) is 5.80. The maximum atomic E-state index is 12.2. The molecule has 0 unspecified atom stereocenters. The van der Waals surface area contributed by atoms with E-state index in [1.807, 2.05) is 0 Å². The van der Waals surface area contributed by atoms with E-state index in [1.54, 1.807) is 13.8 Å². The van der Waals surface area contributed by atoms with E-state index in [4.69, 9.17) is 26.2 Å². The van der Waals surface area contributed by atoms with E-state index < -0.39 is 17.4 Å². The average molecular weight is 314 g/mol. The Morgan fingerprint density at radius 3 is 2.67 bits per heavy atom. The summed E-state index contributed by atoms with van der Waals surface area (Å²) in [5.74, 6) is -0.570. The lowest BCUT2D eigenvalue weighted by atomic mass is 10.00. The van der Waals surface area contributed by atoms with Crippen molar-refractivity contribution in [3.63, 3.8) is 0 Å². The summed E-state index contributed by atoms with van der Waals surface area (Å²) in [5, 5.41) is 11.8. The van der Waals surface area contributed by atoms with Gasteiger partial charge in [0.05, 0.1) is 11.4 Å². The van der Waals surface area contributed by atoms with E-state index in [-0.39, 0.29) is 11.4 Å². The minimum absolute atomic E-state index is 0.184. The summed E-state index contributed by atoms with van der Waals surface area (Å²) in [5.41, 5.74) is -0.578. The zero-order valence-electron chi connectivity index (χ0n) is 11.7. The maximum Gasteiger partial charge on any atom is 0.305 e. The summed E-state index contributed by atoms with van der Waals surface area (Å²) in [4.78, 5) is 23.0. The molecule has 114 valence electrons. The van der Waals surface area contributed by atoms with Crippen molar-refractivity contribution in [2.75, 3.05) is 13.2 Å². The Hall–Kier alpha value is -1.95. The Kier molecular flexibility index (Phi) is 4.27. The summed E-state index contributed by atoms with van der Waals surface area (Å²) in [6.07, 6.45) is -0.184. The molecule has 0 aromatic heterocycles. The molecular formula is C14H16ClNO5. The third-order valence-electron chi connectivity index (χ3n) is 2.90. The van der Waals surface area contributed by atoms with Gasteiger partial charge in [-0.25, -0.2) is 0 Å². The van der Waals surface area contributed by atoms with E-state index >= 15 is 0 Å². The number of carbonyl (C=O) groups excluding carboxylic acids is 1. The highest BCUT2D eigenvalue weighted by Crippen LogP contribution is 2.38. The van der Waals surface area contributed by atoms with Gasteiger partial charge in [0.25, 0.3) is 5.91 Å². The summed E-state index contributed by atoms with van der Waals surface area (Å²) >= 11 is 6.07. The summed E-state index contributed by atoms with van der Waals surface area (Å²) < 4.78 is 10.8. The molecule has 1 aromatic carbocycles. The van der Waals surface area contributed by atoms with Crippen LogP contribution in [0, 0.1) is 0 Å². The first kappa shape index (κ1) is 15.4. The van der Waals surface area contributed by atoms with Crippen molar-refractivity contribution in [1.29, 1.82) is 0 Å². The minimum atomic E-state index is -0.986. The van der Waals surface area contributed by atoms with Crippen LogP contribution >= 0.6 is 11.6 Å². The summed E-state index contributed by atoms with van der Waals surface area (Å²) in [6.45, 7) is 4.07. The van der Waals surface area contributed by atoms with Gasteiger partial charge in [-0.05, 0) is 26.0 Å². The predicted molar refractivity (Wildman–Crippen MR) is 76.2 cm³/mol. The molecule has 7 heteroatoms. The highest BCUT2D eigenvalue weighted by atomic mass is 35.5. The molecule has 0 bridgehead atoms. The number of aliphatic carboxylic acids is 1. The van der Waals surface area contributed by atoms with Crippen LogP contribution < -0.4 is 14.8 Å². The van der Waals surface area contributed by atoms with E-state index in [1.165, 1.54) is 12.1 Å². The van der Waals surface area contributed by atoms with Gasteiger partial charge in [-0.2, -0.15) is 0 Å². The van der Waals surface area contributed by atoms with Crippen LogP contribution in [0.15, 0.2) is 12.1 Å². The van der Waals surface area contributed by atoms with Gasteiger partial charge >= 0.3 is 5.97 Å². The Morgan fingerprint density at radius 2 is 2.00 bits per heavy atom. The van der Waals surface area contributed by atoms with Gasteiger partial charge in [0.1, 0.15) is 13.2 Å². The number of carboxylic acid groups (broad SMARTS) is 1. The van der Waals surface area contributed by atoms with Gasteiger partial charge in [-0.15, -0.1) is 0 Å². The molecule has 6 nitrogen and oxygen atoms in total. The number of amides is 1. The summed E-state index contributed by atoms with van der Waals surface area (Å²) in [7, 11) is 0. The van der Waals surface area contributed by atoms with Gasteiger partial charge in [-0.3, -0.25) is 9.59 Å². The number of rotatable bonds is 4. The lowest BCUT2D eigenvalue weighted by Gasteiger charge is -2.25. The van der Waals surface area contributed by atoms with Gasteiger partial charge in [0.15, 0.2) is 11.5 Å². The fourth-order valence-corrected chi connectivity index (χ4v) is 2.31. The lowest BCUT2D eigenvalue weighted by Crippen LogP contribution is -2.44. The fourth-order valence-electron chi connectivity index (χ4n) is 2.04. The van der Waals surface area contributed by atoms with E-state index in [9.17, 15) is 9.59 Å². The third kappa shape index (κ3) is 3.78. The topological polar surface area (TPSA) is 84.9 Å². The maximum absolute atomic E-state index is 12.2. The number of carbonyl (C=O) groups is 2. The Morgan fingerprint density at radius 1 is 1.33 bits per heavy atom. The van der Waals surface area contributed by atoms with Crippen molar-refractivity contribution < 1.29 is 24.2 Å². The van der Waals surface area contributed by atoms with Crippen molar-refractivity contribution in [1.82, 2.24) is 5.32 Å². The van der Waals surface area contributed by atoms with Crippen molar-refractivity contribution in [2.24, 2.45) is 0 Å². The van der Waals surface area contributed by atoms with Crippen LogP contribution in [0.1, 0.15) is 30.6 Å². The van der Waals surface area contributed by atoms with Crippen molar-refractivity contribution in [3.8, 4) is 11.5 Å². The number of halogens is 1. The van der Waals surface area contributed by atoms with Crippen LogP contribution in [0.3, 0.4) is 0 Å². The Bertz CT molecular complexity index is 585. The number of benzene rings is 1. The average Bonchev–Trinajstić information content (AvgIpc) is 2.36. The molecule has 0 spiro atoms. The molecule has 1 aliphatic rings. The van der Waals surface area contributed by atoms with E-state index in [2.05, 4.69) is 5.32 Å². The highest BCUT2D eigenvalue weighted by molar-refractivity contribution is 6.32. The second-order valence-electron chi connectivity index (χ2n) is 5.39. The number of ether oxygens (including phenoxy) is 2. The fraction of sp³-hybridized carbons (Fsp3) is 0.429. The second kappa shape index (κ2) is 5.81. The molecule has 0 atom stereocenters. The SMILES string of the molecule is CC(C)(CC(=O)O)NC(=O)c1cc(Cl)c2c(c1)OCCO2. The molecule has 0 fully saturated rings. The predicted octanol–water partition coefficient (Wildman–Crippen LogP) is 2.09. The molecule has 0 radical (unpaired) electrons. The van der Waals surface area contributed by atoms with Crippen LogP contribution in [-0.2, 0) is 4.79 Å². The summed E-state index contributed by atoms with van der Waals surface area (Å²) in [6, 6.07) is 3.01. The van der Waals surface area contributed by atoms with Gasteiger partial charge in [-0.1, -0.05) is 11.6 Å². The van der Waals surface area contributed by atoms with E-state index in [0.29, 0.717) is 30.3 Å². The molecule has 1 aromatic rings. The Labute approximate surface area is 127 Å². The first-order valence-electron chi connectivity index (χ1n) is 6.42. The third-order valence-corrected chi connectivity index (χ3v) is 3.18. The zero-order valence-corrected chi connectivity index (χ0v) is 12.5. The molecule has 2 N–H and O–H groups in total. The van der Waals surface area contributed by atoms with Crippen molar-refractivity contribution in [2.45, 2.75) is 25.8 Å². The monoisotopic (exact) mass is 313 g/mol. The standard InChI is InChI=1S/C14H16ClNO5/c1-14(2,7-11(17)18)16-13(19)8-5-9(15)12-10(6-8)20-3-4-21-12/h5-6H,3-4,7H2,1-2H3,(H,16,19)(H,17,18). The zero-order chi connectivity index (χ0) is 15.6. The number of hydrogen-bond donors (Lipinski definition) is 2. The highest BCUT2D eigenvalue weighted by Gasteiger charge is 2.26. The minimum Gasteiger partial charge on any atom is -0.486 e. The normalized spacial score (nSPS) is 13.7. The molecule has 0 saturated heterocycles.